The topological polar surface area (TPSA) is 72.9 Å². The number of anilines is 1. The van der Waals surface area contributed by atoms with Crippen LogP contribution in [0.25, 0.3) is 4.96 Å². The van der Waals surface area contributed by atoms with Crippen molar-refractivity contribution >= 4 is 27.9 Å². The van der Waals surface area contributed by atoms with Gasteiger partial charge < -0.3 is 19.8 Å². The number of fused-ring (bicyclic) bond motifs is 1. The van der Waals surface area contributed by atoms with Crippen LogP contribution in [0.2, 0.25) is 0 Å². The Morgan fingerprint density at radius 2 is 2.30 bits per heavy atom. The lowest BCUT2D eigenvalue weighted by Gasteiger charge is -2.31. The molecule has 0 aliphatic carbocycles. The van der Waals surface area contributed by atoms with Crippen LogP contribution in [-0.4, -0.2) is 40.1 Å². The van der Waals surface area contributed by atoms with Gasteiger partial charge in [0.25, 0.3) is 4.96 Å². The Balaban J connectivity index is 1.85. The van der Waals surface area contributed by atoms with Crippen LogP contribution in [0.5, 0.6) is 0 Å². The predicted molar refractivity (Wildman–Crippen MR) is 76.6 cm³/mol. The van der Waals surface area contributed by atoms with Crippen LogP contribution in [0.15, 0.2) is 11.6 Å². The molecule has 1 fully saturated rings. The van der Waals surface area contributed by atoms with Crippen molar-refractivity contribution in [1.29, 1.82) is 0 Å². The third kappa shape index (κ3) is 2.25. The van der Waals surface area contributed by atoms with Crippen molar-refractivity contribution in [3.05, 3.63) is 21.7 Å². The van der Waals surface area contributed by atoms with Crippen LogP contribution < -0.4 is 4.90 Å². The minimum Gasteiger partial charge on any atom is -0.378 e. The number of aromatic nitrogens is 2. The molecule has 108 valence electrons. The van der Waals surface area contributed by atoms with Gasteiger partial charge in [-0.1, -0.05) is 11.3 Å². The molecule has 20 heavy (non-hydrogen) atoms. The summed E-state index contributed by atoms with van der Waals surface area (Å²) < 4.78 is 7.15. The van der Waals surface area contributed by atoms with Crippen LogP contribution in [0, 0.1) is 10.1 Å². The molecule has 2 aromatic rings. The highest BCUT2D eigenvalue weighted by Crippen LogP contribution is 2.32. The van der Waals surface area contributed by atoms with E-state index in [-0.39, 0.29) is 16.8 Å². The zero-order valence-corrected chi connectivity index (χ0v) is 12.0. The molecule has 0 saturated carbocycles. The van der Waals surface area contributed by atoms with E-state index in [1.54, 1.807) is 16.0 Å². The Bertz CT molecular complexity index is 615. The molecule has 0 N–H and O–H groups in total. The average molecular weight is 296 g/mol. The quantitative estimate of drug-likeness (QED) is 0.639. The van der Waals surface area contributed by atoms with Gasteiger partial charge in [-0.3, -0.25) is 0 Å². The molecule has 0 aromatic carbocycles. The van der Waals surface area contributed by atoms with E-state index in [0.29, 0.717) is 17.4 Å². The van der Waals surface area contributed by atoms with Gasteiger partial charge in [-0.05, 0) is 24.7 Å². The van der Waals surface area contributed by atoms with Crippen molar-refractivity contribution in [2.75, 3.05) is 24.6 Å². The van der Waals surface area contributed by atoms with Gasteiger partial charge in [0.1, 0.15) is 6.20 Å². The summed E-state index contributed by atoms with van der Waals surface area (Å²) in [6, 6.07) is 0. The number of piperidine rings is 1. The van der Waals surface area contributed by atoms with E-state index in [2.05, 4.69) is 4.98 Å². The molecule has 0 radical (unpaired) electrons. The van der Waals surface area contributed by atoms with Crippen LogP contribution in [-0.2, 0) is 4.74 Å². The zero-order valence-electron chi connectivity index (χ0n) is 11.2. The summed E-state index contributed by atoms with van der Waals surface area (Å²) in [5.74, 6) is 0.549. The minimum atomic E-state index is -0.351. The second-order valence-corrected chi connectivity index (χ2v) is 5.59. The molecule has 7 nitrogen and oxygen atoms in total. The third-order valence-corrected chi connectivity index (χ3v) is 4.29. The van der Waals surface area contributed by atoms with Gasteiger partial charge in [-0.25, -0.2) is 0 Å². The predicted octanol–water partition coefficient (Wildman–Crippen LogP) is 2.31. The molecule has 1 saturated heterocycles. The lowest BCUT2D eigenvalue weighted by Crippen LogP contribution is -2.37. The molecule has 2 aromatic heterocycles. The van der Waals surface area contributed by atoms with Gasteiger partial charge in [0.2, 0.25) is 5.82 Å². The van der Waals surface area contributed by atoms with Crippen molar-refractivity contribution in [2.24, 2.45) is 0 Å². The second kappa shape index (κ2) is 5.37. The van der Waals surface area contributed by atoms with Crippen LogP contribution in [0.4, 0.5) is 11.6 Å². The summed E-state index contributed by atoms with van der Waals surface area (Å²) >= 11 is 1.41. The summed E-state index contributed by atoms with van der Waals surface area (Å²) in [4.78, 5) is 18.0. The lowest BCUT2D eigenvalue weighted by molar-refractivity contribution is -0.389. The number of hydrogen-bond donors (Lipinski definition) is 0. The second-order valence-electron chi connectivity index (χ2n) is 4.71. The first kappa shape index (κ1) is 13.3. The Morgan fingerprint density at radius 1 is 1.55 bits per heavy atom. The normalized spacial score (nSPS) is 16.9. The fourth-order valence-electron chi connectivity index (χ4n) is 2.61. The smallest absolute Gasteiger partial charge is 0.373 e. The molecule has 3 heterocycles. The summed E-state index contributed by atoms with van der Waals surface area (Å²) in [6.45, 7) is 4.19. The van der Waals surface area contributed by atoms with E-state index >= 15 is 0 Å². The van der Waals surface area contributed by atoms with Gasteiger partial charge in [-0.15, -0.1) is 0 Å². The number of thiazole rings is 1. The Morgan fingerprint density at radius 3 is 2.95 bits per heavy atom. The van der Waals surface area contributed by atoms with Gasteiger partial charge in [0.05, 0.1) is 6.10 Å². The summed E-state index contributed by atoms with van der Waals surface area (Å²) in [7, 11) is 0. The minimum absolute atomic E-state index is 0.0658. The van der Waals surface area contributed by atoms with Gasteiger partial charge in [-0.2, -0.15) is 9.38 Å². The first-order chi connectivity index (χ1) is 9.70. The molecular formula is C12H16N4O3S. The number of imidazole rings is 1. The maximum absolute atomic E-state index is 11.3. The van der Waals surface area contributed by atoms with E-state index in [0.717, 1.165) is 25.9 Å². The zero-order chi connectivity index (χ0) is 14.1. The van der Waals surface area contributed by atoms with Gasteiger partial charge >= 0.3 is 5.82 Å². The Labute approximate surface area is 119 Å². The molecule has 0 unspecified atom stereocenters. The average Bonchev–Trinajstić information content (AvgIpc) is 2.99. The standard InChI is InChI=1S/C12H16N4O3S/c1-2-19-9-3-5-14(6-4-9)10-11(16(17)18)15-7-8-20-12(15)13-10/h7-9H,2-6H2,1H3. The molecule has 8 heteroatoms. The highest BCUT2D eigenvalue weighted by Gasteiger charge is 2.30. The number of rotatable bonds is 4. The highest BCUT2D eigenvalue weighted by molar-refractivity contribution is 7.15. The monoisotopic (exact) mass is 296 g/mol. The van der Waals surface area contributed by atoms with Crippen LogP contribution in [0.3, 0.4) is 0 Å². The first-order valence-corrected chi connectivity index (χ1v) is 7.55. The molecule has 0 bridgehead atoms. The number of ether oxygens (including phenoxy) is 1. The van der Waals surface area contributed by atoms with E-state index < -0.39 is 0 Å². The molecular weight excluding hydrogens is 280 g/mol. The summed E-state index contributed by atoms with van der Waals surface area (Å²) in [5.41, 5.74) is 0. The van der Waals surface area contributed by atoms with Crippen molar-refractivity contribution in [1.82, 2.24) is 9.38 Å². The van der Waals surface area contributed by atoms with Gasteiger partial charge in [0, 0.05) is 25.1 Å². The Kier molecular flexibility index (Phi) is 3.58. The number of nitro groups is 1. The maximum Gasteiger partial charge on any atom is 0.373 e. The first-order valence-electron chi connectivity index (χ1n) is 6.67. The van der Waals surface area contributed by atoms with Crippen molar-refractivity contribution in [3.8, 4) is 0 Å². The molecule has 0 atom stereocenters. The fraction of sp³-hybridized carbons (Fsp3) is 0.583. The molecule has 0 amide bonds. The summed E-state index contributed by atoms with van der Waals surface area (Å²) in [5, 5.41) is 13.1. The van der Waals surface area contributed by atoms with Crippen molar-refractivity contribution in [2.45, 2.75) is 25.9 Å². The maximum atomic E-state index is 11.3. The van der Waals surface area contributed by atoms with E-state index in [9.17, 15) is 10.1 Å². The van der Waals surface area contributed by atoms with Gasteiger partial charge in [0.15, 0.2) is 0 Å². The van der Waals surface area contributed by atoms with Crippen molar-refractivity contribution in [3.63, 3.8) is 0 Å². The van der Waals surface area contributed by atoms with E-state index in [1.807, 2.05) is 11.8 Å². The van der Waals surface area contributed by atoms with E-state index in [4.69, 9.17) is 4.74 Å². The summed E-state index contributed by atoms with van der Waals surface area (Å²) in [6.07, 6.45) is 3.73. The number of hydrogen-bond acceptors (Lipinski definition) is 6. The number of nitrogens with zero attached hydrogens (tertiary/aromatic N) is 4. The van der Waals surface area contributed by atoms with Crippen LogP contribution in [0.1, 0.15) is 19.8 Å². The molecule has 0 spiro atoms. The molecule has 1 aliphatic rings. The molecule has 1 aliphatic heterocycles. The fourth-order valence-corrected chi connectivity index (χ4v) is 3.32. The largest absolute Gasteiger partial charge is 0.378 e. The Hall–Kier alpha value is -1.67. The van der Waals surface area contributed by atoms with Crippen LogP contribution >= 0.6 is 11.3 Å². The third-order valence-electron chi connectivity index (χ3n) is 3.54. The molecule has 3 rings (SSSR count). The lowest BCUT2D eigenvalue weighted by atomic mass is 10.1. The highest BCUT2D eigenvalue weighted by atomic mass is 32.1. The van der Waals surface area contributed by atoms with Crippen molar-refractivity contribution < 1.29 is 9.66 Å². The van der Waals surface area contributed by atoms with E-state index in [1.165, 1.54) is 11.3 Å². The SMILES string of the molecule is CCOC1CCN(c2nc3sccn3c2[N+](=O)[O-])CC1.